The van der Waals surface area contributed by atoms with Gasteiger partial charge in [-0.05, 0) is 80.2 Å². The first kappa shape index (κ1) is 30.1. The highest BCUT2D eigenvalue weighted by Crippen LogP contribution is 2.37. The highest BCUT2D eigenvalue weighted by molar-refractivity contribution is 6.16. The predicted octanol–water partition coefficient (Wildman–Crippen LogP) is 4.69. The number of rotatable bonds is 6. The van der Waals surface area contributed by atoms with Crippen molar-refractivity contribution in [1.82, 2.24) is 30.8 Å². The monoisotopic (exact) mass is 623 g/mol. The van der Waals surface area contributed by atoms with Crippen LogP contribution in [0, 0.1) is 24.7 Å². The maximum absolute atomic E-state index is 14.5. The average Bonchev–Trinajstić information content (AvgIpc) is 3.39. The van der Waals surface area contributed by atoms with E-state index in [9.17, 15) is 14.4 Å². The van der Waals surface area contributed by atoms with E-state index in [4.69, 9.17) is 4.99 Å². The van der Waals surface area contributed by atoms with E-state index in [2.05, 4.69) is 31.3 Å². The fourth-order valence-corrected chi connectivity index (χ4v) is 7.74. The Hall–Kier alpha value is -4.61. The molecule has 12 nitrogen and oxygen atoms in total. The summed E-state index contributed by atoms with van der Waals surface area (Å²) in [7, 11) is 0. The molecule has 4 heterocycles. The largest absolute Gasteiger partial charge is 0.341 e. The molecule has 3 aliphatic heterocycles. The van der Waals surface area contributed by atoms with Gasteiger partial charge in [-0.2, -0.15) is 5.21 Å². The number of hydrogen-bond acceptors (Lipinski definition) is 7. The van der Waals surface area contributed by atoms with Crippen LogP contribution in [0.4, 0.5) is 16.2 Å². The third-order valence-electron chi connectivity index (χ3n) is 10.1. The molecule has 2 saturated carbocycles. The van der Waals surface area contributed by atoms with Gasteiger partial charge in [-0.1, -0.05) is 49.6 Å². The molecule has 8 rings (SSSR count). The van der Waals surface area contributed by atoms with E-state index in [-0.39, 0.29) is 18.4 Å². The van der Waals surface area contributed by atoms with Crippen molar-refractivity contribution in [1.29, 1.82) is 0 Å². The van der Waals surface area contributed by atoms with Gasteiger partial charge in [0, 0.05) is 35.8 Å². The molecule has 2 aromatic carbocycles. The van der Waals surface area contributed by atoms with Crippen LogP contribution < -0.4 is 15.5 Å². The number of aryl methyl sites for hydroxylation is 1. The van der Waals surface area contributed by atoms with Gasteiger partial charge in [0.25, 0.3) is 5.91 Å². The molecule has 4 fully saturated rings. The molecule has 12 heteroatoms. The van der Waals surface area contributed by atoms with E-state index in [1.165, 1.54) is 6.42 Å². The second kappa shape index (κ2) is 13.0. The Balaban J connectivity index is 1.19. The quantitative estimate of drug-likeness (QED) is 0.363. The molecule has 0 spiro atoms. The molecule has 1 aromatic heterocycles. The van der Waals surface area contributed by atoms with Crippen molar-refractivity contribution in [2.75, 3.05) is 29.9 Å². The fourth-order valence-electron chi connectivity index (χ4n) is 7.74. The Labute approximate surface area is 268 Å². The summed E-state index contributed by atoms with van der Waals surface area (Å²) in [5.74, 6) is 1.14. The highest BCUT2D eigenvalue weighted by Gasteiger charge is 2.39. The summed E-state index contributed by atoms with van der Waals surface area (Å²) in [5, 5.41) is 19.7. The summed E-state index contributed by atoms with van der Waals surface area (Å²) in [6.07, 6.45) is 8.75. The number of aromatic amines is 1. The second-order valence-electron chi connectivity index (χ2n) is 13.2. The standard InChI is InChI=1S/C34H41N9O3/c1-21-7-5-12-27-29(24-8-3-2-4-9-24)36-32(37-34(46)35-26-11-6-10-25(17-26)31-38-40-41-39-31)33(45)43(30(21)27)20-28(44)42-18-22-13-14-23(19-42)16-15-22/h5-7,10-12,17,22-24,32H,2-4,8-9,13-16,18-20H2,1H3,(H2,35,37,46)(H,38,39,40,41). The Morgan fingerprint density at radius 2 is 1.70 bits per heavy atom. The number of H-pyrrole nitrogens is 1. The molecule has 1 unspecified atom stereocenters. The van der Waals surface area contributed by atoms with Crippen LogP contribution in [0.5, 0.6) is 0 Å². The molecule has 0 radical (unpaired) electrons. The topological polar surface area (TPSA) is 149 Å². The van der Waals surface area contributed by atoms with Gasteiger partial charge in [0.2, 0.25) is 17.9 Å². The van der Waals surface area contributed by atoms with Crippen LogP contribution >= 0.6 is 0 Å². The number of benzene rings is 2. The van der Waals surface area contributed by atoms with Crippen molar-refractivity contribution in [2.24, 2.45) is 22.7 Å². The number of urea groups is 1. The number of tetrazole rings is 1. The Kier molecular flexibility index (Phi) is 8.51. The number of amides is 4. The molecule has 2 bridgehead atoms. The zero-order chi connectivity index (χ0) is 31.6. The summed E-state index contributed by atoms with van der Waals surface area (Å²) in [4.78, 5) is 50.5. The first-order valence-corrected chi connectivity index (χ1v) is 16.6. The number of aliphatic imine (C=N–C) groups is 1. The van der Waals surface area contributed by atoms with Crippen LogP contribution in [0.2, 0.25) is 0 Å². The van der Waals surface area contributed by atoms with Crippen molar-refractivity contribution in [3.63, 3.8) is 0 Å². The molecule has 5 aliphatic rings. The third kappa shape index (κ3) is 6.25. The lowest BCUT2D eigenvalue weighted by atomic mass is 9.82. The molecule has 46 heavy (non-hydrogen) atoms. The lowest BCUT2D eigenvalue weighted by Crippen LogP contribution is -2.52. The maximum atomic E-state index is 14.5. The van der Waals surface area contributed by atoms with Crippen LogP contribution in [0.25, 0.3) is 11.4 Å². The lowest BCUT2D eigenvalue weighted by Gasteiger charge is -2.30. The molecule has 240 valence electrons. The van der Waals surface area contributed by atoms with Gasteiger partial charge in [-0.3, -0.25) is 19.5 Å². The van der Waals surface area contributed by atoms with E-state index >= 15 is 0 Å². The number of carbonyl (C=O) groups excluding carboxylic acids is 3. The minimum Gasteiger partial charge on any atom is -0.341 e. The molecule has 3 aromatic rings. The first-order valence-electron chi connectivity index (χ1n) is 16.6. The number of carbonyl (C=O) groups is 3. The summed E-state index contributed by atoms with van der Waals surface area (Å²) in [6, 6.07) is 12.5. The summed E-state index contributed by atoms with van der Waals surface area (Å²) in [5.41, 5.74) is 4.51. The van der Waals surface area contributed by atoms with Gasteiger partial charge in [0.15, 0.2) is 0 Å². The van der Waals surface area contributed by atoms with Crippen molar-refractivity contribution in [3.8, 4) is 11.4 Å². The van der Waals surface area contributed by atoms with Crippen LogP contribution in [-0.2, 0) is 9.59 Å². The smallest absolute Gasteiger partial charge is 0.321 e. The first-order chi connectivity index (χ1) is 22.4. The molecule has 1 atom stereocenters. The highest BCUT2D eigenvalue weighted by atomic mass is 16.2. The average molecular weight is 624 g/mol. The number of nitrogens with one attached hydrogen (secondary N) is 3. The maximum Gasteiger partial charge on any atom is 0.321 e. The van der Waals surface area contributed by atoms with Crippen molar-refractivity contribution in [2.45, 2.75) is 70.9 Å². The van der Waals surface area contributed by atoms with Crippen molar-refractivity contribution >= 4 is 34.9 Å². The normalized spacial score (nSPS) is 23.3. The van der Waals surface area contributed by atoms with Gasteiger partial charge in [0.1, 0.15) is 6.54 Å². The van der Waals surface area contributed by atoms with E-state index < -0.39 is 18.1 Å². The number of aromatic nitrogens is 4. The van der Waals surface area contributed by atoms with Gasteiger partial charge in [0.05, 0.1) is 11.4 Å². The Morgan fingerprint density at radius 1 is 0.957 bits per heavy atom. The summed E-state index contributed by atoms with van der Waals surface area (Å²) >= 11 is 0. The number of fused-ring (bicyclic) bond motifs is 5. The van der Waals surface area contributed by atoms with E-state index in [1.54, 1.807) is 23.1 Å². The number of para-hydroxylation sites is 1. The fraction of sp³-hybridized carbons (Fsp3) is 0.500. The third-order valence-corrected chi connectivity index (χ3v) is 10.1. The van der Waals surface area contributed by atoms with Crippen LogP contribution in [0.1, 0.15) is 68.9 Å². The molecular weight excluding hydrogens is 582 g/mol. The molecule has 2 saturated heterocycles. The number of nitrogens with zero attached hydrogens (tertiary/aromatic N) is 6. The lowest BCUT2D eigenvalue weighted by molar-refractivity contribution is -0.132. The number of benzodiazepines with no additional fused rings is 1. The minimum absolute atomic E-state index is 0.0519. The van der Waals surface area contributed by atoms with Crippen molar-refractivity contribution in [3.05, 3.63) is 53.6 Å². The molecular formula is C34H41N9O3. The van der Waals surface area contributed by atoms with E-state index in [0.717, 1.165) is 87.0 Å². The molecule has 2 aliphatic carbocycles. The number of hydrogen-bond donors (Lipinski definition) is 3. The van der Waals surface area contributed by atoms with Gasteiger partial charge in [-0.25, -0.2) is 4.79 Å². The van der Waals surface area contributed by atoms with E-state index in [0.29, 0.717) is 28.9 Å². The second-order valence-corrected chi connectivity index (χ2v) is 13.2. The molecule has 3 N–H and O–H groups in total. The minimum atomic E-state index is -1.20. The SMILES string of the molecule is Cc1cccc2c1N(CC(=O)N1CC3CCC(CC3)C1)C(=O)C(NC(=O)Nc1cccc(-c3nn[nH]n3)c1)N=C2C1CCCCC1. The summed E-state index contributed by atoms with van der Waals surface area (Å²) in [6.45, 7) is 3.38. The van der Waals surface area contributed by atoms with Crippen LogP contribution in [0.15, 0.2) is 47.5 Å². The van der Waals surface area contributed by atoms with E-state index in [1.807, 2.05) is 36.1 Å². The van der Waals surface area contributed by atoms with Crippen LogP contribution in [0.3, 0.4) is 0 Å². The summed E-state index contributed by atoms with van der Waals surface area (Å²) < 4.78 is 0. The Morgan fingerprint density at radius 3 is 2.41 bits per heavy atom. The van der Waals surface area contributed by atoms with Gasteiger partial charge < -0.3 is 15.5 Å². The predicted molar refractivity (Wildman–Crippen MR) is 174 cm³/mol. The van der Waals surface area contributed by atoms with Gasteiger partial charge >= 0.3 is 6.03 Å². The zero-order valence-electron chi connectivity index (χ0n) is 26.2. The van der Waals surface area contributed by atoms with Crippen LogP contribution in [-0.4, -0.2) is 74.9 Å². The van der Waals surface area contributed by atoms with Gasteiger partial charge in [-0.15, -0.1) is 10.2 Å². The Bertz CT molecular complexity index is 1610. The molecule has 4 amide bonds. The zero-order valence-corrected chi connectivity index (χ0v) is 26.2. The van der Waals surface area contributed by atoms with Crippen molar-refractivity contribution < 1.29 is 14.4 Å². The number of anilines is 2.